The van der Waals surface area contributed by atoms with E-state index >= 15 is 0 Å². The monoisotopic (exact) mass is 347 g/mol. The maximum absolute atomic E-state index is 13.9. The molecule has 1 aliphatic heterocycles. The average molecular weight is 347 g/mol. The van der Waals surface area contributed by atoms with Gasteiger partial charge in [0.05, 0.1) is 18.1 Å². The molecule has 25 heavy (non-hydrogen) atoms. The van der Waals surface area contributed by atoms with Gasteiger partial charge in [0.2, 0.25) is 0 Å². The highest BCUT2D eigenvalue weighted by atomic mass is 19.1. The molecule has 0 bridgehead atoms. The second kappa shape index (κ2) is 7.06. The largest absolute Gasteiger partial charge is 0.481 e. The van der Waals surface area contributed by atoms with Crippen LogP contribution in [0.5, 0.6) is 0 Å². The molecule has 1 amide bonds. The number of furan rings is 1. The minimum absolute atomic E-state index is 0.0467. The lowest BCUT2D eigenvalue weighted by atomic mass is 10.1. The molecule has 6 nitrogen and oxygen atoms in total. The summed E-state index contributed by atoms with van der Waals surface area (Å²) in [6.07, 6.45) is 0.0799. The van der Waals surface area contributed by atoms with Crippen molar-refractivity contribution in [3.8, 4) is 11.3 Å². The van der Waals surface area contributed by atoms with E-state index in [2.05, 4.69) is 0 Å². The molecule has 2 heterocycles. The molecular formula is C18H18FNO5. The van der Waals surface area contributed by atoms with E-state index in [0.29, 0.717) is 13.0 Å². The summed E-state index contributed by atoms with van der Waals surface area (Å²) in [7, 11) is 1.53. The molecule has 1 saturated heterocycles. The van der Waals surface area contributed by atoms with Gasteiger partial charge in [-0.2, -0.15) is 0 Å². The zero-order valence-corrected chi connectivity index (χ0v) is 13.6. The number of likely N-dealkylation sites (tertiary alicyclic amines) is 1. The minimum atomic E-state index is -0.981. The van der Waals surface area contributed by atoms with Gasteiger partial charge in [-0.3, -0.25) is 9.59 Å². The molecule has 1 aromatic heterocycles. The quantitative estimate of drug-likeness (QED) is 0.900. The predicted molar refractivity (Wildman–Crippen MR) is 86.6 cm³/mol. The van der Waals surface area contributed by atoms with Crippen LogP contribution in [-0.2, 0) is 9.53 Å². The van der Waals surface area contributed by atoms with Crippen LogP contribution in [0.2, 0.25) is 0 Å². The maximum atomic E-state index is 13.9. The third-order valence-corrected chi connectivity index (χ3v) is 4.34. The third kappa shape index (κ3) is 3.56. The summed E-state index contributed by atoms with van der Waals surface area (Å²) in [6.45, 7) is 0.295. The molecule has 0 aliphatic carbocycles. The van der Waals surface area contributed by atoms with E-state index in [4.69, 9.17) is 14.3 Å². The Labute approximate surface area is 143 Å². The van der Waals surface area contributed by atoms with Gasteiger partial charge in [0.1, 0.15) is 11.6 Å². The zero-order valence-electron chi connectivity index (χ0n) is 13.6. The second-order valence-electron chi connectivity index (χ2n) is 5.95. The van der Waals surface area contributed by atoms with Crippen LogP contribution in [0.4, 0.5) is 4.39 Å². The van der Waals surface area contributed by atoms with Crippen LogP contribution >= 0.6 is 0 Å². The second-order valence-corrected chi connectivity index (χ2v) is 5.95. The van der Waals surface area contributed by atoms with Gasteiger partial charge < -0.3 is 19.2 Å². The van der Waals surface area contributed by atoms with Crippen molar-refractivity contribution >= 4 is 11.9 Å². The number of methoxy groups -OCH3 is 1. The molecule has 0 saturated carbocycles. The van der Waals surface area contributed by atoms with Gasteiger partial charge in [-0.1, -0.05) is 12.1 Å². The molecule has 1 aliphatic rings. The topological polar surface area (TPSA) is 80.0 Å². The fourth-order valence-corrected chi connectivity index (χ4v) is 3.09. The molecule has 0 radical (unpaired) electrons. The number of ether oxygens (including phenoxy) is 1. The average Bonchev–Trinajstić information content (AvgIpc) is 3.21. The van der Waals surface area contributed by atoms with Crippen molar-refractivity contribution in [2.45, 2.75) is 25.0 Å². The lowest BCUT2D eigenvalue weighted by molar-refractivity contribution is -0.138. The van der Waals surface area contributed by atoms with Crippen LogP contribution in [0.1, 0.15) is 23.4 Å². The standard InChI is InChI=1S/C18H18FNO5/c1-24-12-8-11(9-17(21)22)20(10-12)18(23)16-7-6-15(25-16)13-4-2-3-5-14(13)19/h2-7,11-12H,8-10H2,1H3,(H,21,22). The van der Waals surface area contributed by atoms with Crippen LogP contribution in [-0.4, -0.2) is 47.7 Å². The molecule has 2 aromatic rings. The molecule has 2 unspecified atom stereocenters. The van der Waals surface area contributed by atoms with Crippen molar-refractivity contribution in [1.82, 2.24) is 4.90 Å². The number of aliphatic carboxylic acids is 1. The molecule has 2 atom stereocenters. The lowest BCUT2D eigenvalue weighted by Gasteiger charge is -2.21. The van der Waals surface area contributed by atoms with Crippen molar-refractivity contribution < 1.29 is 28.2 Å². The molecule has 1 aromatic carbocycles. The van der Waals surface area contributed by atoms with Gasteiger partial charge in [0.15, 0.2) is 5.76 Å². The molecule has 7 heteroatoms. The lowest BCUT2D eigenvalue weighted by Crippen LogP contribution is -2.37. The Bertz CT molecular complexity index is 787. The minimum Gasteiger partial charge on any atom is -0.481 e. The summed E-state index contributed by atoms with van der Waals surface area (Å²) in [5.74, 6) is -1.55. The maximum Gasteiger partial charge on any atom is 0.305 e. The number of amides is 1. The van der Waals surface area contributed by atoms with Gasteiger partial charge in [0.25, 0.3) is 5.91 Å². The molecule has 132 valence electrons. The fraction of sp³-hybridized carbons (Fsp3) is 0.333. The van der Waals surface area contributed by atoms with E-state index < -0.39 is 23.7 Å². The molecular weight excluding hydrogens is 329 g/mol. The highest BCUT2D eigenvalue weighted by molar-refractivity contribution is 5.93. The first-order chi connectivity index (χ1) is 12.0. The first-order valence-corrected chi connectivity index (χ1v) is 7.90. The summed E-state index contributed by atoms with van der Waals surface area (Å²) in [4.78, 5) is 25.2. The number of nitrogens with zero attached hydrogens (tertiary/aromatic N) is 1. The van der Waals surface area contributed by atoms with Gasteiger partial charge in [-0.15, -0.1) is 0 Å². The van der Waals surface area contributed by atoms with E-state index in [1.807, 2.05) is 0 Å². The Morgan fingerprint density at radius 3 is 2.76 bits per heavy atom. The number of carboxylic acid groups (broad SMARTS) is 1. The van der Waals surface area contributed by atoms with E-state index in [-0.39, 0.29) is 29.6 Å². The Hall–Kier alpha value is -2.67. The number of carbonyl (C=O) groups excluding carboxylic acids is 1. The number of hydrogen-bond acceptors (Lipinski definition) is 4. The van der Waals surface area contributed by atoms with Gasteiger partial charge in [0, 0.05) is 19.7 Å². The van der Waals surface area contributed by atoms with Crippen LogP contribution in [0, 0.1) is 5.82 Å². The Morgan fingerprint density at radius 1 is 1.32 bits per heavy atom. The number of carboxylic acids is 1. The van der Waals surface area contributed by atoms with Gasteiger partial charge in [-0.05, 0) is 30.7 Å². The molecule has 1 N–H and O–H groups in total. The highest BCUT2D eigenvalue weighted by Gasteiger charge is 2.38. The van der Waals surface area contributed by atoms with Crippen molar-refractivity contribution in [2.75, 3.05) is 13.7 Å². The zero-order chi connectivity index (χ0) is 18.0. The molecule has 1 fully saturated rings. The number of halogens is 1. The first-order valence-electron chi connectivity index (χ1n) is 7.90. The highest BCUT2D eigenvalue weighted by Crippen LogP contribution is 2.28. The number of benzene rings is 1. The normalized spacial score (nSPS) is 20.0. The predicted octanol–water partition coefficient (Wildman–Crippen LogP) is 2.79. The van der Waals surface area contributed by atoms with Crippen LogP contribution in [0.25, 0.3) is 11.3 Å². The van der Waals surface area contributed by atoms with Crippen molar-refractivity contribution in [1.29, 1.82) is 0 Å². The van der Waals surface area contributed by atoms with Gasteiger partial charge in [-0.25, -0.2) is 4.39 Å². The summed E-state index contributed by atoms with van der Waals surface area (Å²) >= 11 is 0. The Balaban J connectivity index is 1.83. The van der Waals surface area contributed by atoms with Crippen LogP contribution < -0.4 is 0 Å². The summed E-state index contributed by atoms with van der Waals surface area (Å²) in [5, 5.41) is 9.04. The van der Waals surface area contributed by atoms with Crippen LogP contribution in [0.15, 0.2) is 40.8 Å². The SMILES string of the molecule is COC1CC(CC(=O)O)N(C(=O)c2ccc(-c3ccccc3F)o2)C1. The number of carbonyl (C=O) groups is 2. The van der Waals surface area contributed by atoms with Crippen molar-refractivity contribution in [3.05, 3.63) is 48.0 Å². The summed E-state index contributed by atoms with van der Waals surface area (Å²) in [6, 6.07) is 8.66. The van der Waals surface area contributed by atoms with Crippen molar-refractivity contribution in [3.63, 3.8) is 0 Å². The van der Waals surface area contributed by atoms with E-state index in [0.717, 1.165) is 0 Å². The summed E-state index contributed by atoms with van der Waals surface area (Å²) < 4.78 is 24.6. The third-order valence-electron chi connectivity index (χ3n) is 4.34. The Kier molecular flexibility index (Phi) is 4.85. The summed E-state index contributed by atoms with van der Waals surface area (Å²) in [5.41, 5.74) is 0.264. The first kappa shape index (κ1) is 17.2. The van der Waals surface area contributed by atoms with Crippen LogP contribution in [0.3, 0.4) is 0 Å². The smallest absolute Gasteiger partial charge is 0.305 e. The van der Waals surface area contributed by atoms with E-state index in [9.17, 15) is 14.0 Å². The number of rotatable bonds is 5. The van der Waals surface area contributed by atoms with Gasteiger partial charge >= 0.3 is 5.97 Å². The molecule has 3 rings (SSSR count). The van der Waals surface area contributed by atoms with Crippen molar-refractivity contribution in [2.24, 2.45) is 0 Å². The van der Waals surface area contributed by atoms with E-state index in [1.165, 1.54) is 30.2 Å². The fourth-order valence-electron chi connectivity index (χ4n) is 3.09. The van der Waals surface area contributed by atoms with E-state index in [1.54, 1.807) is 18.2 Å². The Morgan fingerprint density at radius 2 is 2.08 bits per heavy atom. The molecule has 0 spiro atoms. The number of hydrogen-bond donors (Lipinski definition) is 1.